The summed E-state index contributed by atoms with van der Waals surface area (Å²) in [4.78, 5) is 9.29. The number of nitrogen functional groups attached to an aromatic ring is 1. The van der Waals surface area contributed by atoms with E-state index < -0.39 is 0 Å². The third-order valence-corrected chi connectivity index (χ3v) is 4.73. The molecule has 3 N–H and O–H groups in total. The summed E-state index contributed by atoms with van der Waals surface area (Å²) in [7, 11) is 0. The number of fused-ring (bicyclic) bond motifs is 3. The van der Waals surface area contributed by atoms with Gasteiger partial charge in [-0.05, 0) is 38.5 Å². The number of nitrogens with one attached hydrogen (secondary N) is 1. The van der Waals surface area contributed by atoms with Crippen molar-refractivity contribution in [2.75, 3.05) is 17.8 Å². The number of hydrogen-bond donors (Lipinski definition) is 2. The van der Waals surface area contributed by atoms with Gasteiger partial charge < -0.3 is 20.6 Å². The number of ether oxygens (including phenoxy) is 2. The predicted octanol–water partition coefficient (Wildman–Crippen LogP) is 4.23. The van der Waals surface area contributed by atoms with Crippen LogP contribution in [0.25, 0.3) is 21.9 Å². The Morgan fingerprint density at radius 1 is 1.07 bits per heavy atom. The molecular weight excluding hydrogens is 378 g/mol. The molecule has 2 heterocycles. The molecule has 2 aromatic heterocycles. The van der Waals surface area contributed by atoms with Crippen LogP contribution < -0.4 is 15.9 Å². The predicted molar refractivity (Wildman–Crippen MR) is 120 cm³/mol. The highest BCUT2D eigenvalue weighted by atomic mass is 16.5. The molecule has 0 saturated heterocycles. The molecule has 0 aliphatic carbocycles. The van der Waals surface area contributed by atoms with E-state index in [0.717, 1.165) is 33.6 Å². The maximum atomic E-state index is 6.28. The molecule has 0 spiro atoms. The number of rotatable bonds is 8. The standard InChI is InChI=1S/C23H27N5O2/c1-4-29-14-20-26-21-22(28(20)27-15(2)3)18-11-10-17(12-19(18)25-23(21)24)30-13-16-8-6-5-7-9-16/h5-12,15,27H,4,13-14H2,1-3H3,(H2,24,25). The minimum absolute atomic E-state index is 0.209. The Hall–Kier alpha value is -3.32. The van der Waals surface area contributed by atoms with E-state index in [0.29, 0.717) is 31.2 Å². The normalized spacial score (nSPS) is 11.5. The van der Waals surface area contributed by atoms with E-state index in [1.54, 1.807) is 0 Å². The molecular formula is C23H27N5O2. The van der Waals surface area contributed by atoms with E-state index in [4.69, 9.17) is 20.2 Å². The summed E-state index contributed by atoms with van der Waals surface area (Å²) in [6, 6.07) is 16.2. The summed E-state index contributed by atoms with van der Waals surface area (Å²) in [6.07, 6.45) is 0. The van der Waals surface area contributed by atoms with Crippen LogP contribution in [0.15, 0.2) is 48.5 Å². The maximum Gasteiger partial charge on any atom is 0.154 e. The fourth-order valence-electron chi connectivity index (χ4n) is 3.40. The monoisotopic (exact) mass is 405 g/mol. The van der Waals surface area contributed by atoms with Gasteiger partial charge in [-0.1, -0.05) is 30.3 Å². The Bertz CT molecular complexity index is 1150. The Kier molecular flexibility index (Phi) is 5.72. The summed E-state index contributed by atoms with van der Waals surface area (Å²) in [5, 5.41) is 0.953. The van der Waals surface area contributed by atoms with Crippen LogP contribution in [0.2, 0.25) is 0 Å². The number of hydrogen-bond acceptors (Lipinski definition) is 6. The van der Waals surface area contributed by atoms with Gasteiger partial charge in [-0.2, -0.15) is 0 Å². The first kappa shape index (κ1) is 20.0. The highest BCUT2D eigenvalue weighted by molar-refractivity contribution is 6.07. The van der Waals surface area contributed by atoms with Crippen molar-refractivity contribution in [3.8, 4) is 5.75 Å². The van der Waals surface area contributed by atoms with Crippen LogP contribution in [-0.2, 0) is 18.0 Å². The molecule has 0 atom stereocenters. The van der Waals surface area contributed by atoms with Gasteiger partial charge in [0.15, 0.2) is 11.6 Å². The first-order chi connectivity index (χ1) is 14.6. The number of nitrogens with two attached hydrogens (primary N) is 1. The lowest BCUT2D eigenvalue weighted by Crippen LogP contribution is -2.24. The zero-order valence-electron chi connectivity index (χ0n) is 17.6. The van der Waals surface area contributed by atoms with Crippen LogP contribution in [-0.4, -0.2) is 27.3 Å². The average molecular weight is 406 g/mol. The number of imidazole rings is 1. The van der Waals surface area contributed by atoms with Crippen molar-refractivity contribution in [3.05, 3.63) is 59.9 Å². The first-order valence-corrected chi connectivity index (χ1v) is 10.2. The van der Waals surface area contributed by atoms with Crippen molar-refractivity contribution in [2.45, 2.75) is 40.0 Å². The van der Waals surface area contributed by atoms with Gasteiger partial charge in [-0.25, -0.2) is 14.6 Å². The van der Waals surface area contributed by atoms with Gasteiger partial charge in [-0.15, -0.1) is 0 Å². The summed E-state index contributed by atoms with van der Waals surface area (Å²) in [5.41, 5.74) is 13.2. The minimum Gasteiger partial charge on any atom is -0.489 e. The third-order valence-electron chi connectivity index (χ3n) is 4.73. The average Bonchev–Trinajstić information content (AvgIpc) is 3.10. The van der Waals surface area contributed by atoms with Crippen LogP contribution in [0.4, 0.5) is 5.82 Å². The first-order valence-electron chi connectivity index (χ1n) is 10.2. The fourth-order valence-corrected chi connectivity index (χ4v) is 3.40. The second-order valence-electron chi connectivity index (χ2n) is 7.43. The zero-order valence-corrected chi connectivity index (χ0v) is 17.6. The lowest BCUT2D eigenvalue weighted by molar-refractivity contribution is 0.127. The second-order valence-corrected chi connectivity index (χ2v) is 7.43. The van der Waals surface area contributed by atoms with Crippen molar-refractivity contribution in [1.29, 1.82) is 0 Å². The van der Waals surface area contributed by atoms with Gasteiger partial charge in [-0.3, -0.25) is 0 Å². The van der Waals surface area contributed by atoms with Gasteiger partial charge in [0.05, 0.1) is 5.52 Å². The van der Waals surface area contributed by atoms with E-state index in [1.165, 1.54) is 0 Å². The summed E-state index contributed by atoms with van der Waals surface area (Å²) in [6.45, 7) is 7.63. The van der Waals surface area contributed by atoms with Crippen molar-refractivity contribution in [1.82, 2.24) is 14.6 Å². The van der Waals surface area contributed by atoms with Crippen LogP contribution in [0, 0.1) is 0 Å². The van der Waals surface area contributed by atoms with Crippen LogP contribution in [0.5, 0.6) is 5.75 Å². The number of benzene rings is 2. The molecule has 0 saturated carbocycles. The number of aromatic nitrogens is 3. The number of nitrogens with zero attached hydrogens (tertiary/aromatic N) is 3. The van der Waals surface area contributed by atoms with Crippen molar-refractivity contribution in [2.24, 2.45) is 0 Å². The highest BCUT2D eigenvalue weighted by Crippen LogP contribution is 2.31. The van der Waals surface area contributed by atoms with Crippen molar-refractivity contribution in [3.63, 3.8) is 0 Å². The third kappa shape index (κ3) is 4.02. The van der Waals surface area contributed by atoms with Gasteiger partial charge in [0.2, 0.25) is 0 Å². The summed E-state index contributed by atoms with van der Waals surface area (Å²) >= 11 is 0. The molecule has 0 bridgehead atoms. The van der Waals surface area contributed by atoms with Crippen LogP contribution >= 0.6 is 0 Å². The van der Waals surface area contributed by atoms with E-state index in [-0.39, 0.29) is 6.04 Å². The maximum absolute atomic E-state index is 6.28. The molecule has 0 unspecified atom stereocenters. The molecule has 7 nitrogen and oxygen atoms in total. The fraction of sp³-hybridized carbons (Fsp3) is 0.304. The van der Waals surface area contributed by atoms with Crippen molar-refractivity contribution < 1.29 is 9.47 Å². The quantitative estimate of drug-likeness (QED) is 0.456. The molecule has 0 aliphatic rings. The zero-order chi connectivity index (χ0) is 21.1. The van der Waals surface area contributed by atoms with E-state index in [9.17, 15) is 0 Å². The number of anilines is 1. The molecule has 0 aliphatic heterocycles. The molecule has 156 valence electrons. The van der Waals surface area contributed by atoms with E-state index in [2.05, 4.69) is 24.3 Å². The lowest BCUT2D eigenvalue weighted by atomic mass is 10.1. The molecule has 2 aromatic carbocycles. The lowest BCUT2D eigenvalue weighted by Gasteiger charge is -2.16. The summed E-state index contributed by atoms with van der Waals surface area (Å²) < 4.78 is 13.6. The van der Waals surface area contributed by atoms with Crippen molar-refractivity contribution >= 4 is 27.8 Å². The second kappa shape index (κ2) is 8.59. The Morgan fingerprint density at radius 3 is 2.60 bits per heavy atom. The van der Waals surface area contributed by atoms with E-state index in [1.807, 2.05) is 60.1 Å². The SMILES string of the molecule is CCOCc1nc2c(N)nc3cc(OCc4ccccc4)ccc3c2n1NC(C)C. The van der Waals surface area contributed by atoms with Gasteiger partial charge in [0.25, 0.3) is 0 Å². The molecule has 30 heavy (non-hydrogen) atoms. The smallest absolute Gasteiger partial charge is 0.154 e. The van der Waals surface area contributed by atoms with Gasteiger partial charge in [0, 0.05) is 24.1 Å². The molecule has 0 fully saturated rings. The largest absolute Gasteiger partial charge is 0.489 e. The van der Waals surface area contributed by atoms with Crippen LogP contribution in [0.1, 0.15) is 32.2 Å². The molecule has 4 rings (SSSR count). The number of pyridine rings is 1. The Labute approximate surface area is 175 Å². The highest BCUT2D eigenvalue weighted by Gasteiger charge is 2.18. The summed E-state index contributed by atoms with van der Waals surface area (Å²) in [5.74, 6) is 1.90. The Balaban J connectivity index is 1.76. The molecule has 4 aromatic rings. The van der Waals surface area contributed by atoms with Gasteiger partial charge >= 0.3 is 0 Å². The van der Waals surface area contributed by atoms with E-state index >= 15 is 0 Å². The van der Waals surface area contributed by atoms with Gasteiger partial charge in [0.1, 0.15) is 30.0 Å². The minimum atomic E-state index is 0.209. The molecule has 0 radical (unpaired) electrons. The molecule has 7 heteroatoms. The van der Waals surface area contributed by atoms with Crippen LogP contribution in [0.3, 0.4) is 0 Å². The Morgan fingerprint density at radius 2 is 1.87 bits per heavy atom. The topological polar surface area (TPSA) is 87.2 Å². The molecule has 0 amide bonds.